The number of nitrogens with one attached hydrogen (secondary N) is 1. The van der Waals surface area contributed by atoms with Crippen LogP contribution in [0.15, 0.2) is 52.4 Å². The molecule has 1 atom stereocenters. The van der Waals surface area contributed by atoms with Gasteiger partial charge in [-0.3, -0.25) is 4.57 Å². The molecule has 1 saturated heterocycles. The average molecular weight is 439 g/mol. The van der Waals surface area contributed by atoms with Crippen molar-refractivity contribution in [2.75, 3.05) is 13.7 Å². The van der Waals surface area contributed by atoms with Gasteiger partial charge < -0.3 is 18.9 Å². The Kier molecular flexibility index (Phi) is 5.52. The number of furan rings is 1. The zero-order valence-electron chi connectivity index (χ0n) is 17.0. The molecule has 0 radical (unpaired) electrons. The summed E-state index contributed by atoms with van der Waals surface area (Å²) in [5.41, 5.74) is 2.48. The lowest BCUT2D eigenvalue weighted by Crippen LogP contribution is -2.16. The number of methoxy groups -OCH3 is 1. The average Bonchev–Trinajstić information content (AvgIpc) is 3.58. The van der Waals surface area contributed by atoms with Crippen molar-refractivity contribution in [1.82, 2.24) is 19.7 Å². The summed E-state index contributed by atoms with van der Waals surface area (Å²) in [4.78, 5) is 15.3. The van der Waals surface area contributed by atoms with Crippen molar-refractivity contribution in [1.29, 1.82) is 0 Å². The molecule has 0 aliphatic carbocycles. The predicted octanol–water partition coefficient (Wildman–Crippen LogP) is 4.28. The fourth-order valence-corrected chi connectivity index (χ4v) is 4.78. The van der Waals surface area contributed by atoms with Gasteiger partial charge in [-0.2, -0.15) is 0 Å². The van der Waals surface area contributed by atoms with Gasteiger partial charge in [-0.25, -0.2) is 4.79 Å². The van der Waals surface area contributed by atoms with Gasteiger partial charge in [0.1, 0.15) is 11.3 Å². The highest BCUT2D eigenvalue weighted by Crippen LogP contribution is 2.32. The number of para-hydroxylation sites is 1. The molecule has 1 aliphatic heterocycles. The highest BCUT2D eigenvalue weighted by molar-refractivity contribution is 7.98. The molecule has 1 fully saturated rings. The van der Waals surface area contributed by atoms with Gasteiger partial charge in [-0.15, -0.1) is 10.2 Å². The molecule has 0 amide bonds. The zero-order valence-corrected chi connectivity index (χ0v) is 17.9. The topological polar surface area (TPSA) is 95.2 Å². The number of H-pyrrole nitrogens is 1. The molecule has 1 aliphatic rings. The van der Waals surface area contributed by atoms with Gasteiger partial charge in [-0.05, 0) is 25.0 Å². The van der Waals surface area contributed by atoms with E-state index in [2.05, 4.69) is 25.8 Å². The van der Waals surface area contributed by atoms with Gasteiger partial charge in [0.15, 0.2) is 11.0 Å². The molecular formula is C22H22N4O4S. The molecule has 31 heavy (non-hydrogen) atoms. The van der Waals surface area contributed by atoms with E-state index in [1.807, 2.05) is 24.4 Å². The highest BCUT2D eigenvalue weighted by atomic mass is 32.2. The van der Waals surface area contributed by atoms with Crippen LogP contribution in [0.2, 0.25) is 0 Å². The first-order chi connectivity index (χ1) is 15.2. The lowest BCUT2D eigenvalue weighted by molar-refractivity contribution is 0.0598. The molecule has 4 heterocycles. The fraction of sp³-hybridized carbons (Fsp3) is 0.318. The zero-order chi connectivity index (χ0) is 21.2. The van der Waals surface area contributed by atoms with E-state index in [1.165, 1.54) is 25.1 Å². The monoisotopic (exact) mass is 438 g/mol. The first-order valence-corrected chi connectivity index (χ1v) is 11.1. The summed E-state index contributed by atoms with van der Waals surface area (Å²) >= 11 is 1.48. The van der Waals surface area contributed by atoms with Crippen molar-refractivity contribution in [2.24, 2.45) is 0 Å². The first-order valence-electron chi connectivity index (χ1n) is 10.1. The van der Waals surface area contributed by atoms with Crippen LogP contribution in [-0.2, 0) is 21.8 Å². The fourth-order valence-electron chi connectivity index (χ4n) is 3.88. The number of thioether (sulfide) groups is 1. The van der Waals surface area contributed by atoms with Crippen LogP contribution < -0.4 is 0 Å². The van der Waals surface area contributed by atoms with E-state index in [9.17, 15) is 4.79 Å². The minimum Gasteiger partial charge on any atom is -0.468 e. The molecule has 160 valence electrons. The Hall–Kier alpha value is -3.04. The molecule has 9 heteroatoms. The van der Waals surface area contributed by atoms with E-state index in [0.717, 1.165) is 46.9 Å². The van der Waals surface area contributed by atoms with E-state index in [-0.39, 0.29) is 6.10 Å². The SMILES string of the molecule is COC(=O)c1ccoc1CSc1nnc(-c2c[nH]c3ccccc23)n1CC1CCCO1. The maximum atomic E-state index is 11.9. The Morgan fingerprint density at radius 2 is 2.23 bits per heavy atom. The van der Waals surface area contributed by atoms with Gasteiger partial charge in [0, 0.05) is 29.3 Å². The lowest BCUT2D eigenvalue weighted by atomic mass is 10.1. The molecular weight excluding hydrogens is 416 g/mol. The number of aromatic amines is 1. The number of hydrogen-bond donors (Lipinski definition) is 1. The third kappa shape index (κ3) is 3.86. The van der Waals surface area contributed by atoms with Gasteiger partial charge in [-0.1, -0.05) is 30.0 Å². The number of benzene rings is 1. The second-order valence-corrected chi connectivity index (χ2v) is 8.28. The Labute approximate surface area is 182 Å². The first kappa shape index (κ1) is 19.9. The number of nitrogens with zero attached hydrogens (tertiary/aromatic N) is 3. The summed E-state index contributed by atoms with van der Waals surface area (Å²) < 4.78 is 18.3. The number of ether oxygens (including phenoxy) is 2. The van der Waals surface area contributed by atoms with Crippen LogP contribution in [0.1, 0.15) is 29.0 Å². The Bertz CT molecular complexity index is 1210. The molecule has 0 bridgehead atoms. The second kappa shape index (κ2) is 8.60. The maximum Gasteiger partial charge on any atom is 0.341 e. The van der Waals surface area contributed by atoms with Crippen LogP contribution in [-0.4, -0.2) is 45.5 Å². The van der Waals surface area contributed by atoms with Crippen molar-refractivity contribution < 1.29 is 18.7 Å². The second-order valence-electron chi connectivity index (χ2n) is 7.34. The van der Waals surface area contributed by atoms with Crippen molar-refractivity contribution in [3.8, 4) is 11.4 Å². The van der Waals surface area contributed by atoms with Crippen LogP contribution in [0.25, 0.3) is 22.3 Å². The minimum absolute atomic E-state index is 0.133. The number of hydrogen-bond acceptors (Lipinski definition) is 7. The molecule has 3 aromatic heterocycles. The minimum atomic E-state index is -0.412. The lowest BCUT2D eigenvalue weighted by Gasteiger charge is -2.14. The quantitative estimate of drug-likeness (QED) is 0.340. The Morgan fingerprint density at radius 1 is 1.32 bits per heavy atom. The number of esters is 1. The summed E-state index contributed by atoms with van der Waals surface area (Å²) in [6.07, 6.45) is 5.68. The van der Waals surface area contributed by atoms with Crippen LogP contribution in [0.3, 0.4) is 0 Å². The van der Waals surface area contributed by atoms with Crippen molar-refractivity contribution in [3.05, 3.63) is 54.1 Å². The molecule has 1 aromatic carbocycles. The molecule has 5 rings (SSSR count). The summed E-state index contributed by atoms with van der Waals surface area (Å²) in [6.45, 7) is 1.46. The van der Waals surface area contributed by atoms with Gasteiger partial charge >= 0.3 is 5.97 Å². The van der Waals surface area contributed by atoms with E-state index < -0.39 is 5.97 Å². The van der Waals surface area contributed by atoms with Crippen molar-refractivity contribution in [2.45, 2.75) is 36.4 Å². The number of fused-ring (bicyclic) bond motifs is 1. The van der Waals surface area contributed by atoms with E-state index >= 15 is 0 Å². The van der Waals surface area contributed by atoms with Gasteiger partial charge in [0.05, 0.1) is 31.8 Å². The number of carbonyl (C=O) groups excluding carboxylic acids is 1. The van der Waals surface area contributed by atoms with Crippen molar-refractivity contribution in [3.63, 3.8) is 0 Å². The van der Waals surface area contributed by atoms with E-state index in [1.54, 1.807) is 6.07 Å². The molecule has 1 unspecified atom stereocenters. The van der Waals surface area contributed by atoms with Crippen LogP contribution in [0.5, 0.6) is 0 Å². The molecule has 0 saturated carbocycles. The Morgan fingerprint density at radius 3 is 3.06 bits per heavy atom. The maximum absolute atomic E-state index is 11.9. The summed E-state index contributed by atoms with van der Waals surface area (Å²) in [5.74, 6) is 1.37. The molecule has 1 N–H and O–H groups in total. The van der Waals surface area contributed by atoms with Crippen LogP contribution >= 0.6 is 11.8 Å². The third-order valence-corrected chi connectivity index (χ3v) is 6.41. The number of aromatic nitrogens is 4. The van der Waals surface area contributed by atoms with Gasteiger partial charge in [0.25, 0.3) is 0 Å². The van der Waals surface area contributed by atoms with E-state index in [0.29, 0.717) is 23.6 Å². The normalized spacial score (nSPS) is 16.2. The standard InChI is InChI=1S/C22H22N4O4S/c1-28-21(27)16-8-10-30-19(16)13-31-22-25-24-20(26(22)12-14-5-4-9-29-14)17-11-23-18-7-3-2-6-15(17)18/h2-3,6-8,10-11,14,23H,4-5,9,12-13H2,1H3. The van der Waals surface area contributed by atoms with Crippen LogP contribution in [0.4, 0.5) is 0 Å². The summed E-state index contributed by atoms with van der Waals surface area (Å²) in [7, 11) is 1.36. The summed E-state index contributed by atoms with van der Waals surface area (Å²) in [6, 6.07) is 9.76. The summed E-state index contributed by atoms with van der Waals surface area (Å²) in [5, 5.41) is 10.8. The highest BCUT2D eigenvalue weighted by Gasteiger charge is 2.24. The molecule has 8 nitrogen and oxygen atoms in total. The third-order valence-electron chi connectivity index (χ3n) is 5.44. The van der Waals surface area contributed by atoms with Gasteiger partial charge in [0.2, 0.25) is 0 Å². The predicted molar refractivity (Wildman–Crippen MR) is 116 cm³/mol. The Balaban J connectivity index is 1.47. The van der Waals surface area contributed by atoms with E-state index in [4.69, 9.17) is 13.9 Å². The molecule has 4 aromatic rings. The smallest absolute Gasteiger partial charge is 0.341 e. The van der Waals surface area contributed by atoms with Crippen molar-refractivity contribution >= 4 is 28.6 Å². The number of carbonyl (C=O) groups is 1. The number of rotatable bonds is 7. The molecule has 0 spiro atoms. The van der Waals surface area contributed by atoms with Crippen LogP contribution in [0, 0.1) is 0 Å². The largest absolute Gasteiger partial charge is 0.468 e.